The van der Waals surface area contributed by atoms with Gasteiger partial charge in [0.05, 0.1) is 16.4 Å². The largest absolute Gasteiger partial charge is 1.00 e. The lowest BCUT2D eigenvalue weighted by Gasteiger charge is -2.04. The molecule has 0 spiro atoms. The third-order valence-electron chi connectivity index (χ3n) is 4.00. The fourth-order valence-electron chi connectivity index (χ4n) is 2.57. The van der Waals surface area contributed by atoms with Crippen LogP contribution in [0.1, 0.15) is 17.4 Å². The molecule has 0 aliphatic heterocycles. The molecule has 2 aromatic carbocycles. The summed E-state index contributed by atoms with van der Waals surface area (Å²) in [5.74, 6) is 0.433. The molecular weight excluding hydrogens is 593 g/mol. The Labute approximate surface area is 205 Å². The van der Waals surface area contributed by atoms with Crippen molar-refractivity contribution < 1.29 is 52.5 Å². The van der Waals surface area contributed by atoms with Gasteiger partial charge in [-0.05, 0) is 49.4 Å². The van der Waals surface area contributed by atoms with Crippen LogP contribution in [0.3, 0.4) is 0 Å². The van der Waals surface area contributed by atoms with Crippen molar-refractivity contribution in [2.24, 2.45) is 0 Å². The monoisotopic (exact) mass is 611 g/mol. The average molecular weight is 612 g/mol. The molecule has 6 nitrogen and oxygen atoms in total. The number of thiazole rings is 1. The predicted octanol–water partition coefficient (Wildman–Crippen LogP) is -1.55. The van der Waals surface area contributed by atoms with E-state index in [1.165, 1.54) is 14.9 Å². The second-order valence-electron chi connectivity index (χ2n) is 6.11. The molecular formula is C22H19BrIN3O3S. The molecule has 0 radical (unpaired) electrons. The topological polar surface area (TPSA) is 73.3 Å². The molecule has 0 bridgehead atoms. The quantitative estimate of drug-likeness (QED) is 0.148. The van der Waals surface area contributed by atoms with Crippen LogP contribution in [-0.2, 0) is 4.74 Å². The Kier molecular flexibility index (Phi) is 8.76. The number of aromatic nitrogens is 2. The SMILES string of the molecule is CCOCOc1ccc2nc(NC(=O)c3ccc([I+]c4ccccc4)cn3)sc2c1.[Br-]. The zero-order valence-electron chi connectivity index (χ0n) is 16.5. The van der Waals surface area contributed by atoms with Crippen LogP contribution in [0.2, 0.25) is 0 Å². The molecule has 0 saturated heterocycles. The first-order chi connectivity index (χ1) is 14.7. The molecule has 4 aromatic rings. The Morgan fingerprint density at radius 3 is 2.68 bits per heavy atom. The van der Waals surface area contributed by atoms with E-state index in [2.05, 4.69) is 27.4 Å². The van der Waals surface area contributed by atoms with Gasteiger partial charge in [0.1, 0.15) is 11.4 Å². The number of hydrogen-bond donors (Lipinski definition) is 1. The molecule has 1 N–H and O–H groups in total. The maximum absolute atomic E-state index is 12.6. The Morgan fingerprint density at radius 1 is 1.10 bits per heavy atom. The molecule has 4 rings (SSSR count). The van der Waals surface area contributed by atoms with E-state index in [0.717, 1.165) is 13.8 Å². The van der Waals surface area contributed by atoms with E-state index in [1.807, 2.05) is 49.4 Å². The van der Waals surface area contributed by atoms with Crippen LogP contribution in [0.15, 0.2) is 66.9 Å². The molecule has 2 heterocycles. The van der Waals surface area contributed by atoms with E-state index >= 15 is 0 Å². The molecule has 160 valence electrons. The van der Waals surface area contributed by atoms with Gasteiger partial charge in [-0.25, -0.2) is 9.97 Å². The lowest BCUT2D eigenvalue weighted by Crippen LogP contribution is -3.61. The highest BCUT2D eigenvalue weighted by molar-refractivity contribution is 7.22. The van der Waals surface area contributed by atoms with Crippen molar-refractivity contribution in [1.29, 1.82) is 0 Å². The summed E-state index contributed by atoms with van der Waals surface area (Å²) in [4.78, 5) is 21.4. The van der Waals surface area contributed by atoms with Crippen LogP contribution in [0.5, 0.6) is 5.75 Å². The maximum atomic E-state index is 12.6. The van der Waals surface area contributed by atoms with Gasteiger partial charge in [0, 0.05) is 6.61 Å². The number of nitrogens with zero attached hydrogens (tertiary/aromatic N) is 2. The Hall–Kier alpha value is -2.08. The lowest BCUT2D eigenvalue weighted by molar-refractivity contribution is -0.597. The fourth-order valence-corrected chi connectivity index (χ4v) is 5.59. The van der Waals surface area contributed by atoms with Crippen LogP contribution in [0.25, 0.3) is 10.2 Å². The smallest absolute Gasteiger partial charge is 0.359 e. The van der Waals surface area contributed by atoms with Gasteiger partial charge in [-0.1, -0.05) is 29.5 Å². The van der Waals surface area contributed by atoms with Crippen molar-refractivity contribution in [2.45, 2.75) is 6.92 Å². The summed E-state index contributed by atoms with van der Waals surface area (Å²) >= 11 is 1.09. The van der Waals surface area contributed by atoms with Crippen molar-refractivity contribution in [3.8, 4) is 5.75 Å². The normalized spacial score (nSPS) is 10.5. The van der Waals surface area contributed by atoms with Gasteiger partial charge >= 0.3 is 21.2 Å². The summed E-state index contributed by atoms with van der Waals surface area (Å²) in [6, 6.07) is 19.7. The number of halogens is 2. The van der Waals surface area contributed by atoms with E-state index in [0.29, 0.717) is 23.2 Å². The van der Waals surface area contributed by atoms with Crippen LogP contribution in [-0.4, -0.2) is 29.3 Å². The molecule has 2 aromatic heterocycles. The first-order valence-corrected chi connectivity index (χ1v) is 12.3. The number of pyridine rings is 1. The Balaban J connectivity index is 0.00000272. The Morgan fingerprint density at radius 2 is 1.94 bits per heavy atom. The summed E-state index contributed by atoms with van der Waals surface area (Å²) in [6.07, 6.45) is 1.79. The highest BCUT2D eigenvalue weighted by Crippen LogP contribution is 2.29. The van der Waals surface area contributed by atoms with Gasteiger partial charge in [-0.2, -0.15) is 0 Å². The molecule has 0 aliphatic carbocycles. The number of fused-ring (bicyclic) bond motifs is 1. The number of anilines is 1. The number of amides is 1. The molecule has 1 amide bonds. The summed E-state index contributed by atoms with van der Waals surface area (Å²) < 4.78 is 14.1. The summed E-state index contributed by atoms with van der Waals surface area (Å²) in [6.45, 7) is 2.72. The third kappa shape index (κ3) is 6.45. The van der Waals surface area contributed by atoms with Crippen LogP contribution >= 0.6 is 11.3 Å². The highest BCUT2D eigenvalue weighted by atomic mass is 127. The van der Waals surface area contributed by atoms with E-state index in [1.54, 1.807) is 12.3 Å². The number of carbonyl (C=O) groups is 1. The van der Waals surface area contributed by atoms with Crippen molar-refractivity contribution in [3.05, 3.63) is 79.7 Å². The zero-order chi connectivity index (χ0) is 20.8. The van der Waals surface area contributed by atoms with Crippen molar-refractivity contribution in [2.75, 3.05) is 18.7 Å². The van der Waals surface area contributed by atoms with Gasteiger partial charge in [0.25, 0.3) is 5.91 Å². The third-order valence-corrected chi connectivity index (χ3v) is 7.54. The molecule has 0 fully saturated rings. The minimum absolute atomic E-state index is 0. The van der Waals surface area contributed by atoms with E-state index in [4.69, 9.17) is 9.47 Å². The van der Waals surface area contributed by atoms with E-state index in [9.17, 15) is 4.79 Å². The second kappa shape index (κ2) is 11.5. The van der Waals surface area contributed by atoms with Crippen LogP contribution in [0.4, 0.5) is 5.13 Å². The summed E-state index contributed by atoms with van der Waals surface area (Å²) in [5.41, 5.74) is 1.17. The first-order valence-electron chi connectivity index (χ1n) is 9.29. The van der Waals surface area contributed by atoms with Crippen LogP contribution in [0, 0.1) is 7.14 Å². The first kappa shape index (κ1) is 23.6. The fraction of sp³-hybridized carbons (Fsp3) is 0.136. The van der Waals surface area contributed by atoms with Crippen LogP contribution < -0.4 is 48.2 Å². The predicted molar refractivity (Wildman–Crippen MR) is 113 cm³/mol. The molecule has 0 atom stereocenters. The van der Waals surface area contributed by atoms with Gasteiger partial charge in [-0.15, -0.1) is 0 Å². The zero-order valence-corrected chi connectivity index (χ0v) is 21.1. The maximum Gasteiger partial charge on any atom is 0.359 e. The molecule has 0 saturated carbocycles. The molecule has 0 unspecified atom stereocenters. The second-order valence-corrected chi connectivity index (χ2v) is 10.2. The van der Waals surface area contributed by atoms with E-state index in [-0.39, 0.29) is 50.9 Å². The standard InChI is InChI=1S/C22H18IN3O3S.BrH/c1-2-28-14-29-17-9-11-18-20(12-17)30-22(25-18)26-21(27)19-10-8-16(13-24-19)23-15-6-4-3-5-7-15;/h3-13H,2,14H2,1H3;1H. The molecule has 31 heavy (non-hydrogen) atoms. The number of rotatable bonds is 8. The Bertz CT molecular complexity index is 1140. The average Bonchev–Trinajstić information content (AvgIpc) is 3.16. The summed E-state index contributed by atoms with van der Waals surface area (Å²) in [7, 11) is 0. The minimum Gasteiger partial charge on any atom is -1.00 e. The van der Waals surface area contributed by atoms with Gasteiger partial charge in [-0.3, -0.25) is 10.1 Å². The molecule has 9 heteroatoms. The van der Waals surface area contributed by atoms with Gasteiger partial charge in [0.2, 0.25) is 3.57 Å². The van der Waals surface area contributed by atoms with Crippen molar-refractivity contribution in [1.82, 2.24) is 9.97 Å². The van der Waals surface area contributed by atoms with Crippen molar-refractivity contribution in [3.63, 3.8) is 0 Å². The molecule has 0 aliphatic rings. The van der Waals surface area contributed by atoms with Gasteiger partial charge in [0.15, 0.2) is 15.5 Å². The lowest BCUT2D eigenvalue weighted by atomic mass is 10.3. The number of hydrogen-bond acceptors (Lipinski definition) is 6. The number of carbonyl (C=O) groups excluding carboxylic acids is 1. The van der Waals surface area contributed by atoms with E-state index < -0.39 is 0 Å². The minimum atomic E-state index is -0.302. The highest BCUT2D eigenvalue weighted by Gasteiger charge is 2.17. The van der Waals surface area contributed by atoms with Gasteiger partial charge < -0.3 is 26.5 Å². The number of nitrogens with one attached hydrogen (secondary N) is 1. The number of benzene rings is 2. The summed E-state index contributed by atoms with van der Waals surface area (Å²) in [5, 5.41) is 3.37. The van der Waals surface area contributed by atoms with Crippen molar-refractivity contribution >= 4 is 32.6 Å². The number of ether oxygens (including phenoxy) is 2.